The number of nitrogens with two attached hydrogens (primary N) is 1. The number of aliphatic hydroxyl groups excluding tert-OH is 1. The van der Waals surface area contributed by atoms with Crippen LogP contribution in [0.2, 0.25) is 0 Å². The van der Waals surface area contributed by atoms with E-state index in [2.05, 4.69) is 11.0 Å². The van der Waals surface area contributed by atoms with Crippen LogP contribution in [0, 0.1) is 11.8 Å². The van der Waals surface area contributed by atoms with Crippen LogP contribution in [-0.4, -0.2) is 47.3 Å². The predicted octanol–water partition coefficient (Wildman–Crippen LogP) is 1.99. The van der Waals surface area contributed by atoms with Gasteiger partial charge in [0.25, 0.3) is 5.91 Å². The van der Waals surface area contributed by atoms with Crippen LogP contribution in [0.5, 0.6) is 5.75 Å². The number of primary amides is 1. The van der Waals surface area contributed by atoms with Crippen molar-refractivity contribution in [2.24, 2.45) is 17.6 Å². The van der Waals surface area contributed by atoms with Gasteiger partial charge in [0, 0.05) is 23.6 Å². The lowest BCUT2D eigenvalue weighted by molar-refractivity contribution is -0.107. The van der Waals surface area contributed by atoms with E-state index in [9.17, 15) is 9.90 Å². The van der Waals surface area contributed by atoms with Crippen molar-refractivity contribution in [3.63, 3.8) is 0 Å². The first-order valence-corrected chi connectivity index (χ1v) is 10.6. The number of benzene rings is 1. The van der Waals surface area contributed by atoms with Crippen molar-refractivity contribution in [1.82, 2.24) is 4.90 Å². The second kappa shape index (κ2) is 5.48. The number of likely N-dealkylation sites (tertiary alicyclic amines) is 1. The third kappa shape index (κ3) is 1.99. The summed E-state index contributed by atoms with van der Waals surface area (Å²) in [4.78, 5) is 14.8. The van der Waals surface area contributed by atoms with Crippen LogP contribution in [0.4, 0.5) is 0 Å². The van der Waals surface area contributed by atoms with Crippen molar-refractivity contribution in [3.05, 3.63) is 28.8 Å². The lowest BCUT2D eigenvalue weighted by Crippen LogP contribution is -2.67. The third-order valence-corrected chi connectivity index (χ3v) is 8.40. The zero-order valence-electron chi connectivity index (χ0n) is 15.7. The summed E-state index contributed by atoms with van der Waals surface area (Å²) >= 11 is 0. The number of hydrogen-bond donors (Lipinski definition) is 2. The van der Waals surface area contributed by atoms with Crippen LogP contribution in [0.3, 0.4) is 0 Å². The van der Waals surface area contributed by atoms with Gasteiger partial charge in [0.05, 0.1) is 11.7 Å². The van der Waals surface area contributed by atoms with E-state index in [1.807, 2.05) is 6.07 Å². The van der Waals surface area contributed by atoms with Gasteiger partial charge < -0.3 is 15.6 Å². The Kier molecular flexibility index (Phi) is 3.32. The van der Waals surface area contributed by atoms with Crippen LogP contribution in [0.1, 0.15) is 60.0 Å². The molecule has 5 aliphatic rings. The Bertz CT molecular complexity index is 820. The molecule has 5 heteroatoms. The molecule has 1 saturated heterocycles. The van der Waals surface area contributed by atoms with Crippen LogP contribution in [0.25, 0.3) is 0 Å². The molecule has 1 aromatic rings. The van der Waals surface area contributed by atoms with Crippen molar-refractivity contribution in [3.8, 4) is 5.75 Å². The molecule has 2 saturated carbocycles. The molecule has 5 atom stereocenters. The number of amides is 1. The van der Waals surface area contributed by atoms with Gasteiger partial charge >= 0.3 is 0 Å². The van der Waals surface area contributed by atoms with Crippen LogP contribution in [0.15, 0.2) is 12.1 Å². The molecule has 2 heterocycles. The van der Waals surface area contributed by atoms with E-state index in [1.54, 1.807) is 0 Å². The van der Waals surface area contributed by atoms with Crippen molar-refractivity contribution in [1.29, 1.82) is 0 Å². The maximum absolute atomic E-state index is 12.0. The minimum absolute atomic E-state index is 0.132. The van der Waals surface area contributed by atoms with E-state index >= 15 is 0 Å². The number of hydrogen-bond acceptors (Lipinski definition) is 4. The molecular formula is C22H28N2O3. The molecule has 3 fully saturated rings. The van der Waals surface area contributed by atoms with E-state index in [-0.39, 0.29) is 11.5 Å². The van der Waals surface area contributed by atoms with Crippen molar-refractivity contribution in [2.45, 2.75) is 68.6 Å². The van der Waals surface area contributed by atoms with E-state index in [4.69, 9.17) is 10.5 Å². The predicted molar refractivity (Wildman–Crippen MR) is 101 cm³/mol. The monoisotopic (exact) mass is 368 g/mol. The van der Waals surface area contributed by atoms with Gasteiger partial charge in [-0.3, -0.25) is 9.69 Å². The van der Waals surface area contributed by atoms with E-state index in [1.165, 1.54) is 36.9 Å². The fraction of sp³-hybridized carbons (Fsp3) is 0.682. The Morgan fingerprint density at radius 1 is 1.30 bits per heavy atom. The summed E-state index contributed by atoms with van der Waals surface area (Å²) in [5.41, 5.74) is 8.53. The number of ether oxygens (including phenoxy) is 1. The second-order valence-corrected chi connectivity index (χ2v) is 9.48. The Morgan fingerprint density at radius 2 is 2.15 bits per heavy atom. The molecule has 3 N–H and O–H groups in total. The first-order valence-electron chi connectivity index (χ1n) is 10.6. The molecule has 27 heavy (non-hydrogen) atoms. The highest BCUT2D eigenvalue weighted by Gasteiger charge is 2.65. The van der Waals surface area contributed by atoms with Crippen molar-refractivity contribution in [2.75, 3.05) is 13.1 Å². The second-order valence-electron chi connectivity index (χ2n) is 9.48. The van der Waals surface area contributed by atoms with Crippen LogP contribution < -0.4 is 10.5 Å². The SMILES string of the molecule is NC(=O)c1ccc2c3c1O[C@H]1[C@@H](O)CC[C@H]4[C@@H](C2)N(CC2CCC2)CC[C@@]341. The summed E-state index contributed by atoms with van der Waals surface area (Å²) in [5, 5.41) is 10.8. The standard InChI is InChI=1S/C22H28N2O3/c23-21(26)14-5-4-13-10-16-15-6-7-17(25)20-22(15,18(13)19(14)27-20)8-9-24(16)11-12-2-1-3-12/h4-5,12,15-17,20,25H,1-3,6-11H2,(H2,23,26)/t15-,16+,17-,20-,22-/m0/s1. The number of piperidine rings is 1. The Labute approximate surface area is 159 Å². The van der Waals surface area contributed by atoms with Gasteiger partial charge in [0.1, 0.15) is 11.9 Å². The Balaban J connectivity index is 1.49. The minimum Gasteiger partial charge on any atom is -0.486 e. The molecule has 5 nitrogen and oxygen atoms in total. The molecule has 1 amide bonds. The number of nitrogens with zero attached hydrogens (tertiary/aromatic N) is 1. The van der Waals surface area contributed by atoms with Gasteiger partial charge in [-0.2, -0.15) is 0 Å². The number of carbonyl (C=O) groups is 1. The molecule has 2 bridgehead atoms. The zero-order chi connectivity index (χ0) is 18.3. The summed E-state index contributed by atoms with van der Waals surface area (Å²) < 4.78 is 6.36. The summed E-state index contributed by atoms with van der Waals surface area (Å²) in [7, 11) is 0. The van der Waals surface area contributed by atoms with Crippen molar-refractivity contribution < 1.29 is 14.6 Å². The number of carbonyl (C=O) groups excluding carboxylic acids is 1. The molecule has 0 radical (unpaired) electrons. The fourth-order valence-corrected chi connectivity index (χ4v) is 7.04. The lowest BCUT2D eigenvalue weighted by atomic mass is 9.51. The van der Waals surface area contributed by atoms with Gasteiger partial charge in [-0.05, 0) is 68.5 Å². The summed E-state index contributed by atoms with van der Waals surface area (Å²) in [6.45, 7) is 2.30. The summed E-state index contributed by atoms with van der Waals surface area (Å²) in [6.07, 6.45) is 7.36. The molecule has 3 aliphatic carbocycles. The molecule has 144 valence electrons. The lowest BCUT2D eigenvalue weighted by Gasteiger charge is -2.59. The average Bonchev–Trinajstić information content (AvgIpc) is 2.95. The van der Waals surface area contributed by atoms with E-state index < -0.39 is 12.0 Å². The smallest absolute Gasteiger partial charge is 0.252 e. The van der Waals surface area contributed by atoms with E-state index in [0.717, 1.165) is 38.1 Å². The highest BCUT2D eigenvalue weighted by atomic mass is 16.5. The van der Waals surface area contributed by atoms with Crippen LogP contribution in [-0.2, 0) is 11.8 Å². The van der Waals surface area contributed by atoms with Gasteiger partial charge in [-0.15, -0.1) is 0 Å². The molecule has 2 aliphatic heterocycles. The summed E-state index contributed by atoms with van der Waals surface area (Å²) in [5.74, 6) is 1.63. The molecule has 1 aromatic carbocycles. The third-order valence-electron chi connectivity index (χ3n) is 8.40. The highest BCUT2D eigenvalue weighted by molar-refractivity contribution is 5.97. The van der Waals surface area contributed by atoms with E-state index in [0.29, 0.717) is 23.3 Å². The molecule has 1 spiro atoms. The first kappa shape index (κ1) is 16.4. The van der Waals surface area contributed by atoms with Gasteiger partial charge in [0.2, 0.25) is 0 Å². The first-order chi connectivity index (χ1) is 13.1. The summed E-state index contributed by atoms with van der Waals surface area (Å²) in [6, 6.07) is 4.47. The number of rotatable bonds is 3. The average molecular weight is 368 g/mol. The molecular weight excluding hydrogens is 340 g/mol. The Hall–Kier alpha value is -1.59. The highest BCUT2D eigenvalue weighted by Crippen LogP contribution is 2.62. The van der Waals surface area contributed by atoms with Crippen LogP contribution >= 0.6 is 0 Å². The van der Waals surface area contributed by atoms with Crippen molar-refractivity contribution >= 4 is 5.91 Å². The largest absolute Gasteiger partial charge is 0.486 e. The minimum atomic E-state index is -0.459. The van der Waals surface area contributed by atoms with Gasteiger partial charge in [0.15, 0.2) is 0 Å². The number of aliphatic hydroxyl groups is 1. The maximum atomic E-state index is 12.0. The molecule has 0 aromatic heterocycles. The Morgan fingerprint density at radius 3 is 2.89 bits per heavy atom. The quantitative estimate of drug-likeness (QED) is 0.855. The fourth-order valence-electron chi connectivity index (χ4n) is 7.04. The normalized spacial score (nSPS) is 39.4. The maximum Gasteiger partial charge on any atom is 0.252 e. The molecule has 0 unspecified atom stereocenters. The zero-order valence-corrected chi connectivity index (χ0v) is 15.7. The topological polar surface area (TPSA) is 75.8 Å². The van der Waals surface area contributed by atoms with Gasteiger partial charge in [-0.25, -0.2) is 0 Å². The van der Waals surface area contributed by atoms with Gasteiger partial charge in [-0.1, -0.05) is 12.5 Å². The molecule has 6 rings (SSSR count).